The molecule has 0 aromatic heterocycles. The van der Waals surface area contributed by atoms with Gasteiger partial charge in [0.15, 0.2) is 6.10 Å². The van der Waals surface area contributed by atoms with Gasteiger partial charge in [-0.05, 0) is 74.1 Å². The van der Waals surface area contributed by atoms with E-state index in [1.165, 1.54) is 5.56 Å². The Balaban J connectivity index is 1.71. The van der Waals surface area contributed by atoms with Gasteiger partial charge in [0.1, 0.15) is 11.5 Å². The Bertz CT molecular complexity index is 935. The molecule has 2 aromatic carbocycles. The number of anilines is 1. The molecule has 6 heteroatoms. The molecule has 2 amide bonds. The highest BCUT2D eigenvalue weighted by Gasteiger charge is 2.26. The maximum atomic E-state index is 12.7. The number of ether oxygens (including phenoxy) is 2. The summed E-state index contributed by atoms with van der Waals surface area (Å²) in [5.41, 5.74) is 3.19. The number of hydrogen-bond acceptors (Lipinski definition) is 4. The second-order valence-corrected chi connectivity index (χ2v) is 8.08. The van der Waals surface area contributed by atoms with Crippen LogP contribution in [0.5, 0.6) is 11.5 Å². The standard InChI is InChI=1S/C24H30N2O4/c1-14(2)20-10-8-19(12-15(20)3)30-16(4)23(27)26-22-11-9-18(29-5)13-21(22)24(28)25-17-6-7-17/h8-14,16-17H,6-7H2,1-5H3,(H,25,28)(H,26,27). The van der Waals surface area contributed by atoms with Gasteiger partial charge in [-0.15, -0.1) is 0 Å². The van der Waals surface area contributed by atoms with Crippen molar-refractivity contribution in [3.8, 4) is 11.5 Å². The monoisotopic (exact) mass is 410 g/mol. The molecule has 0 heterocycles. The minimum atomic E-state index is -0.726. The summed E-state index contributed by atoms with van der Waals surface area (Å²) >= 11 is 0. The molecule has 0 aliphatic heterocycles. The Labute approximate surface area is 178 Å². The number of aryl methyl sites for hydroxylation is 1. The first-order chi connectivity index (χ1) is 14.3. The van der Waals surface area contributed by atoms with Crippen molar-refractivity contribution in [2.45, 2.75) is 58.6 Å². The lowest BCUT2D eigenvalue weighted by atomic mass is 9.98. The number of benzene rings is 2. The first-order valence-corrected chi connectivity index (χ1v) is 10.4. The summed E-state index contributed by atoms with van der Waals surface area (Å²) in [5.74, 6) is 1.07. The van der Waals surface area contributed by atoms with Gasteiger partial charge in [0, 0.05) is 6.04 Å². The molecule has 1 atom stereocenters. The first kappa shape index (κ1) is 21.7. The van der Waals surface area contributed by atoms with Crippen molar-refractivity contribution in [3.05, 3.63) is 53.1 Å². The zero-order chi connectivity index (χ0) is 21.8. The Morgan fingerprint density at radius 1 is 1.03 bits per heavy atom. The van der Waals surface area contributed by atoms with Crippen molar-refractivity contribution in [3.63, 3.8) is 0 Å². The molecule has 1 unspecified atom stereocenters. The van der Waals surface area contributed by atoms with Crippen LogP contribution in [-0.2, 0) is 4.79 Å². The van der Waals surface area contributed by atoms with Crippen molar-refractivity contribution in [1.82, 2.24) is 5.32 Å². The molecular weight excluding hydrogens is 380 g/mol. The largest absolute Gasteiger partial charge is 0.497 e. The fourth-order valence-corrected chi connectivity index (χ4v) is 3.30. The van der Waals surface area contributed by atoms with Crippen LogP contribution < -0.4 is 20.1 Å². The maximum absolute atomic E-state index is 12.7. The number of rotatable bonds is 8. The molecule has 0 bridgehead atoms. The predicted molar refractivity (Wildman–Crippen MR) is 117 cm³/mol. The van der Waals surface area contributed by atoms with Crippen molar-refractivity contribution in [2.24, 2.45) is 0 Å². The van der Waals surface area contributed by atoms with Crippen LogP contribution in [0.25, 0.3) is 0 Å². The summed E-state index contributed by atoms with van der Waals surface area (Å²) in [4.78, 5) is 25.3. The summed E-state index contributed by atoms with van der Waals surface area (Å²) in [6, 6.07) is 11.1. The summed E-state index contributed by atoms with van der Waals surface area (Å²) in [6.45, 7) is 8.01. The van der Waals surface area contributed by atoms with Crippen LogP contribution in [0, 0.1) is 6.92 Å². The molecule has 0 radical (unpaired) electrons. The van der Waals surface area contributed by atoms with E-state index in [1.54, 1.807) is 32.2 Å². The Kier molecular flexibility index (Phi) is 6.65. The normalized spacial score (nSPS) is 14.2. The quantitative estimate of drug-likeness (QED) is 0.675. The van der Waals surface area contributed by atoms with Crippen LogP contribution >= 0.6 is 0 Å². The zero-order valence-electron chi connectivity index (χ0n) is 18.2. The van der Waals surface area contributed by atoms with Crippen LogP contribution in [-0.4, -0.2) is 31.1 Å². The predicted octanol–water partition coefficient (Wildman–Crippen LogP) is 4.43. The molecule has 0 saturated heterocycles. The lowest BCUT2D eigenvalue weighted by Gasteiger charge is -2.18. The third-order valence-corrected chi connectivity index (χ3v) is 5.19. The fraction of sp³-hybridized carbons (Fsp3) is 0.417. The van der Waals surface area contributed by atoms with Crippen molar-refractivity contribution < 1.29 is 19.1 Å². The zero-order valence-corrected chi connectivity index (χ0v) is 18.2. The summed E-state index contributed by atoms with van der Waals surface area (Å²) in [6.07, 6.45) is 1.24. The SMILES string of the molecule is COc1ccc(NC(=O)C(C)Oc2ccc(C(C)C)c(C)c2)c(C(=O)NC2CC2)c1. The average molecular weight is 411 g/mol. The molecule has 2 aromatic rings. The van der Waals surface area contributed by atoms with E-state index in [9.17, 15) is 9.59 Å². The van der Waals surface area contributed by atoms with Gasteiger partial charge in [-0.2, -0.15) is 0 Å². The molecule has 1 saturated carbocycles. The van der Waals surface area contributed by atoms with Crippen molar-refractivity contribution in [1.29, 1.82) is 0 Å². The molecule has 160 valence electrons. The third-order valence-electron chi connectivity index (χ3n) is 5.19. The summed E-state index contributed by atoms with van der Waals surface area (Å²) < 4.78 is 11.1. The molecule has 1 aliphatic rings. The second-order valence-electron chi connectivity index (χ2n) is 8.08. The highest BCUT2D eigenvalue weighted by molar-refractivity contribution is 6.05. The van der Waals surface area contributed by atoms with E-state index in [4.69, 9.17) is 9.47 Å². The second kappa shape index (κ2) is 9.20. The van der Waals surface area contributed by atoms with E-state index >= 15 is 0 Å². The average Bonchev–Trinajstić information content (AvgIpc) is 3.51. The van der Waals surface area contributed by atoms with E-state index < -0.39 is 6.10 Å². The maximum Gasteiger partial charge on any atom is 0.265 e. The number of amides is 2. The highest BCUT2D eigenvalue weighted by atomic mass is 16.5. The summed E-state index contributed by atoms with van der Waals surface area (Å²) in [5, 5.41) is 5.77. The smallest absolute Gasteiger partial charge is 0.265 e. The Morgan fingerprint density at radius 3 is 2.33 bits per heavy atom. The van der Waals surface area contributed by atoms with Crippen molar-refractivity contribution >= 4 is 17.5 Å². The number of carbonyl (C=O) groups excluding carboxylic acids is 2. The van der Waals surface area contributed by atoms with Gasteiger partial charge in [0.05, 0.1) is 18.4 Å². The first-order valence-electron chi connectivity index (χ1n) is 10.4. The lowest BCUT2D eigenvalue weighted by Crippen LogP contribution is -2.32. The van der Waals surface area contributed by atoms with E-state index in [0.717, 1.165) is 18.4 Å². The molecule has 3 rings (SSSR count). The van der Waals surface area contributed by atoms with E-state index in [-0.39, 0.29) is 17.9 Å². The number of hydrogen-bond donors (Lipinski definition) is 2. The lowest BCUT2D eigenvalue weighted by molar-refractivity contribution is -0.122. The van der Waals surface area contributed by atoms with Crippen LogP contribution in [0.4, 0.5) is 5.69 Å². The Morgan fingerprint density at radius 2 is 1.73 bits per heavy atom. The van der Waals surface area contributed by atoms with Crippen LogP contribution in [0.15, 0.2) is 36.4 Å². The number of carbonyl (C=O) groups is 2. The topological polar surface area (TPSA) is 76.7 Å². The van der Waals surface area contributed by atoms with Gasteiger partial charge in [0.2, 0.25) is 0 Å². The molecule has 0 spiro atoms. The minimum Gasteiger partial charge on any atom is -0.497 e. The summed E-state index contributed by atoms with van der Waals surface area (Å²) in [7, 11) is 1.54. The molecular formula is C24H30N2O4. The minimum absolute atomic E-state index is 0.214. The van der Waals surface area contributed by atoms with Gasteiger partial charge < -0.3 is 20.1 Å². The Hall–Kier alpha value is -3.02. The van der Waals surface area contributed by atoms with Crippen LogP contribution in [0.2, 0.25) is 0 Å². The van der Waals surface area contributed by atoms with Gasteiger partial charge in [0.25, 0.3) is 11.8 Å². The van der Waals surface area contributed by atoms with Crippen LogP contribution in [0.1, 0.15) is 61.0 Å². The highest BCUT2D eigenvalue weighted by Crippen LogP contribution is 2.26. The molecule has 2 N–H and O–H groups in total. The van der Waals surface area contributed by atoms with Gasteiger partial charge in [-0.1, -0.05) is 19.9 Å². The molecule has 1 fully saturated rings. The molecule has 30 heavy (non-hydrogen) atoms. The van der Waals surface area contributed by atoms with E-state index in [2.05, 4.69) is 24.5 Å². The van der Waals surface area contributed by atoms with Crippen LogP contribution in [0.3, 0.4) is 0 Å². The van der Waals surface area contributed by atoms with Crippen molar-refractivity contribution in [2.75, 3.05) is 12.4 Å². The fourth-order valence-electron chi connectivity index (χ4n) is 3.30. The van der Waals surface area contributed by atoms with E-state index in [0.29, 0.717) is 28.7 Å². The molecule has 1 aliphatic carbocycles. The van der Waals surface area contributed by atoms with E-state index in [1.807, 2.05) is 25.1 Å². The van der Waals surface area contributed by atoms with Gasteiger partial charge in [-0.25, -0.2) is 0 Å². The number of nitrogens with one attached hydrogen (secondary N) is 2. The molecule has 6 nitrogen and oxygen atoms in total. The number of methoxy groups -OCH3 is 1. The third kappa shape index (κ3) is 5.32. The van der Waals surface area contributed by atoms with Gasteiger partial charge in [-0.3, -0.25) is 9.59 Å². The van der Waals surface area contributed by atoms with Gasteiger partial charge >= 0.3 is 0 Å².